The number of hydrogen-bond donors (Lipinski definition) is 1. The molecule has 1 unspecified atom stereocenters. The Bertz CT molecular complexity index is 357. The van der Waals surface area contributed by atoms with Crippen molar-refractivity contribution < 1.29 is 9.53 Å². The van der Waals surface area contributed by atoms with Crippen LogP contribution in [0.2, 0.25) is 0 Å². The molecule has 0 aromatic heterocycles. The molecule has 0 spiro atoms. The van der Waals surface area contributed by atoms with Crippen LogP contribution in [0.5, 0.6) is 0 Å². The van der Waals surface area contributed by atoms with Gasteiger partial charge in [0.2, 0.25) is 5.91 Å². The van der Waals surface area contributed by atoms with Gasteiger partial charge in [0.25, 0.3) is 0 Å². The minimum absolute atomic E-state index is 0.00895. The number of ether oxygens (including phenoxy) is 1. The van der Waals surface area contributed by atoms with Crippen molar-refractivity contribution in [3.63, 3.8) is 0 Å². The number of nitrogens with one attached hydrogen (secondary N) is 1. The van der Waals surface area contributed by atoms with E-state index in [1.165, 1.54) is 6.42 Å². The van der Waals surface area contributed by atoms with Gasteiger partial charge in [-0.25, -0.2) is 0 Å². The van der Waals surface area contributed by atoms with E-state index in [1.54, 1.807) is 0 Å². The van der Waals surface area contributed by atoms with Crippen LogP contribution in [-0.4, -0.2) is 23.7 Å². The third kappa shape index (κ3) is 10.0. The molecule has 0 saturated heterocycles. The average Bonchev–Trinajstić information content (AvgIpc) is 2.31. The van der Waals surface area contributed by atoms with Gasteiger partial charge >= 0.3 is 0 Å². The van der Waals surface area contributed by atoms with Gasteiger partial charge < -0.3 is 10.1 Å². The number of carbonyl (C=O) groups is 1. The molecular formula is C20H41NO2. The molecule has 1 amide bonds. The van der Waals surface area contributed by atoms with Gasteiger partial charge in [0.15, 0.2) is 0 Å². The highest BCUT2D eigenvalue weighted by atomic mass is 16.5. The Morgan fingerprint density at radius 1 is 1.00 bits per heavy atom. The lowest BCUT2D eigenvalue weighted by atomic mass is 9.86. The fourth-order valence-corrected chi connectivity index (χ4v) is 3.11. The summed E-state index contributed by atoms with van der Waals surface area (Å²) in [5, 5.41) is 3.14. The van der Waals surface area contributed by atoms with Crippen LogP contribution in [0, 0.1) is 23.7 Å². The fraction of sp³-hybridized carbons (Fsp3) is 0.950. The molecule has 0 saturated carbocycles. The topological polar surface area (TPSA) is 38.3 Å². The van der Waals surface area contributed by atoms with Gasteiger partial charge in [-0.1, -0.05) is 41.5 Å². The second kappa shape index (κ2) is 9.05. The van der Waals surface area contributed by atoms with Crippen LogP contribution in [0.25, 0.3) is 0 Å². The second-order valence-corrected chi connectivity index (χ2v) is 9.41. The van der Waals surface area contributed by atoms with Crippen molar-refractivity contribution in [2.75, 3.05) is 6.61 Å². The number of hydrogen-bond acceptors (Lipinski definition) is 2. The fourth-order valence-electron chi connectivity index (χ4n) is 3.11. The molecule has 0 rings (SSSR count). The maximum absolute atomic E-state index is 12.0. The van der Waals surface area contributed by atoms with Crippen LogP contribution in [0.1, 0.15) is 82.1 Å². The first-order valence-electron chi connectivity index (χ1n) is 9.21. The van der Waals surface area contributed by atoms with Crippen molar-refractivity contribution >= 4 is 5.91 Å². The van der Waals surface area contributed by atoms with Crippen LogP contribution in [0.15, 0.2) is 0 Å². The molecule has 1 atom stereocenters. The Hall–Kier alpha value is -0.570. The molecule has 3 heteroatoms. The zero-order valence-electron chi connectivity index (χ0n) is 17.2. The monoisotopic (exact) mass is 327 g/mol. The van der Waals surface area contributed by atoms with Crippen molar-refractivity contribution in [3.05, 3.63) is 0 Å². The molecule has 0 aromatic carbocycles. The predicted octanol–water partition coefficient (Wildman–Crippen LogP) is 5.04. The molecular weight excluding hydrogens is 286 g/mol. The molecule has 0 aliphatic carbocycles. The quantitative estimate of drug-likeness (QED) is 0.610. The molecule has 1 N–H and O–H groups in total. The van der Waals surface area contributed by atoms with Crippen LogP contribution >= 0.6 is 0 Å². The van der Waals surface area contributed by atoms with E-state index in [-0.39, 0.29) is 23.0 Å². The zero-order valence-corrected chi connectivity index (χ0v) is 17.2. The van der Waals surface area contributed by atoms with Crippen LogP contribution in [0.4, 0.5) is 0 Å². The third-order valence-corrected chi connectivity index (χ3v) is 4.26. The van der Waals surface area contributed by atoms with Gasteiger partial charge in [-0.3, -0.25) is 4.79 Å². The van der Waals surface area contributed by atoms with Crippen LogP contribution < -0.4 is 5.32 Å². The highest BCUT2D eigenvalue weighted by Crippen LogP contribution is 2.27. The van der Waals surface area contributed by atoms with E-state index in [9.17, 15) is 4.79 Å². The Kier molecular flexibility index (Phi) is 8.83. The van der Waals surface area contributed by atoms with E-state index in [1.807, 2.05) is 13.8 Å². The summed E-state index contributed by atoms with van der Waals surface area (Å²) in [6.07, 6.45) is 1.99. The standard InChI is InChI=1S/C20H41NO2/c1-14(2)11-17(15(3)4)12-23-20(9,10)13-19(7,8)21-18(22)16(5)6/h14-17H,11-13H2,1-10H3,(H,21,22). The van der Waals surface area contributed by atoms with Crippen molar-refractivity contribution in [1.82, 2.24) is 5.32 Å². The summed E-state index contributed by atoms with van der Waals surface area (Å²) < 4.78 is 6.28. The molecule has 0 aliphatic rings. The van der Waals surface area contributed by atoms with Crippen molar-refractivity contribution in [2.45, 2.75) is 93.2 Å². The Morgan fingerprint density at radius 2 is 1.52 bits per heavy atom. The minimum Gasteiger partial charge on any atom is -0.375 e. The molecule has 138 valence electrons. The Balaban J connectivity index is 4.64. The maximum atomic E-state index is 12.0. The summed E-state index contributed by atoms with van der Waals surface area (Å²) in [6, 6.07) is 0. The van der Waals surface area contributed by atoms with E-state index in [0.29, 0.717) is 17.8 Å². The Labute approximate surface area is 144 Å². The second-order valence-electron chi connectivity index (χ2n) is 9.41. The van der Waals surface area contributed by atoms with Gasteiger partial charge in [-0.2, -0.15) is 0 Å². The maximum Gasteiger partial charge on any atom is 0.222 e. The van der Waals surface area contributed by atoms with Gasteiger partial charge in [0.05, 0.1) is 12.2 Å². The number of carbonyl (C=O) groups excluding carboxylic acids is 1. The molecule has 0 radical (unpaired) electrons. The van der Waals surface area contributed by atoms with Gasteiger partial charge in [-0.05, 0) is 58.3 Å². The largest absolute Gasteiger partial charge is 0.375 e. The summed E-state index contributed by atoms with van der Waals surface area (Å²) in [7, 11) is 0. The van der Waals surface area contributed by atoms with Crippen molar-refractivity contribution in [3.8, 4) is 0 Å². The van der Waals surface area contributed by atoms with E-state index in [2.05, 4.69) is 60.7 Å². The zero-order chi connectivity index (χ0) is 18.4. The minimum atomic E-state index is -0.268. The normalized spacial score (nSPS) is 14.7. The first-order chi connectivity index (χ1) is 10.3. The van der Waals surface area contributed by atoms with Crippen molar-refractivity contribution in [2.24, 2.45) is 23.7 Å². The van der Waals surface area contributed by atoms with E-state index in [4.69, 9.17) is 4.74 Å². The molecule has 0 bridgehead atoms. The molecule has 0 aliphatic heterocycles. The van der Waals surface area contributed by atoms with Crippen molar-refractivity contribution in [1.29, 1.82) is 0 Å². The molecule has 3 nitrogen and oxygen atoms in total. The first kappa shape index (κ1) is 22.4. The molecule has 0 fully saturated rings. The molecule has 23 heavy (non-hydrogen) atoms. The van der Waals surface area contributed by atoms with E-state index >= 15 is 0 Å². The first-order valence-corrected chi connectivity index (χ1v) is 9.21. The SMILES string of the molecule is CC(C)CC(COC(C)(C)CC(C)(C)NC(=O)C(C)C)C(C)C. The van der Waals surface area contributed by atoms with Crippen LogP contribution in [0.3, 0.4) is 0 Å². The Morgan fingerprint density at radius 3 is 1.91 bits per heavy atom. The predicted molar refractivity (Wildman–Crippen MR) is 99.5 cm³/mol. The summed E-state index contributed by atoms with van der Waals surface area (Å²) in [6.45, 7) is 22.1. The summed E-state index contributed by atoms with van der Waals surface area (Å²) in [4.78, 5) is 12.0. The van der Waals surface area contributed by atoms with E-state index < -0.39 is 0 Å². The van der Waals surface area contributed by atoms with Gasteiger partial charge in [0, 0.05) is 11.5 Å². The summed E-state index contributed by atoms with van der Waals surface area (Å²) in [5.41, 5.74) is -0.520. The summed E-state index contributed by atoms with van der Waals surface area (Å²) in [5.74, 6) is 2.01. The summed E-state index contributed by atoms with van der Waals surface area (Å²) >= 11 is 0. The average molecular weight is 328 g/mol. The van der Waals surface area contributed by atoms with E-state index in [0.717, 1.165) is 13.0 Å². The lowest BCUT2D eigenvalue weighted by Gasteiger charge is -2.37. The lowest BCUT2D eigenvalue weighted by molar-refractivity contribution is -0.126. The highest BCUT2D eigenvalue weighted by molar-refractivity contribution is 5.78. The number of rotatable bonds is 10. The van der Waals surface area contributed by atoms with Gasteiger partial charge in [-0.15, -0.1) is 0 Å². The molecule has 0 heterocycles. The third-order valence-electron chi connectivity index (χ3n) is 4.26. The number of amides is 1. The molecule has 0 aromatic rings. The highest BCUT2D eigenvalue weighted by Gasteiger charge is 2.32. The van der Waals surface area contributed by atoms with Gasteiger partial charge in [0.1, 0.15) is 0 Å². The van der Waals surface area contributed by atoms with Crippen LogP contribution in [-0.2, 0) is 9.53 Å². The lowest BCUT2D eigenvalue weighted by Crippen LogP contribution is -2.50. The smallest absolute Gasteiger partial charge is 0.222 e.